The number of methoxy groups -OCH3 is 1. The molecule has 2 bridgehead atoms. The van der Waals surface area contributed by atoms with Crippen LogP contribution in [0.3, 0.4) is 0 Å². The van der Waals surface area contributed by atoms with Crippen molar-refractivity contribution in [3.05, 3.63) is 59.7 Å². The number of carbonyl (C=O) groups excluding carboxylic acids is 2. The molecule has 29 heavy (non-hydrogen) atoms. The lowest BCUT2D eigenvalue weighted by Gasteiger charge is -2.72. The number of benzene rings is 2. The molecule has 2 amide bonds. The van der Waals surface area contributed by atoms with E-state index in [2.05, 4.69) is 10.6 Å². The summed E-state index contributed by atoms with van der Waals surface area (Å²) < 4.78 is 31.5. The molecule has 0 aliphatic heterocycles. The molecular formula is C22H22F2N2O3. The lowest BCUT2D eigenvalue weighted by Crippen LogP contribution is -2.77. The summed E-state index contributed by atoms with van der Waals surface area (Å²) in [6.45, 7) is 1.88. The van der Waals surface area contributed by atoms with Crippen LogP contribution in [0.15, 0.2) is 42.5 Å². The van der Waals surface area contributed by atoms with Crippen molar-refractivity contribution in [2.45, 2.75) is 31.7 Å². The Labute approximate surface area is 167 Å². The van der Waals surface area contributed by atoms with Crippen molar-refractivity contribution in [2.75, 3.05) is 12.4 Å². The van der Waals surface area contributed by atoms with Crippen molar-refractivity contribution in [2.24, 2.45) is 11.3 Å². The largest absolute Gasteiger partial charge is 0.494 e. The number of halogens is 2. The lowest BCUT2D eigenvalue weighted by molar-refractivity contribution is -0.184. The fourth-order valence-corrected chi connectivity index (χ4v) is 4.63. The molecule has 3 saturated carbocycles. The van der Waals surface area contributed by atoms with E-state index in [0.29, 0.717) is 11.3 Å². The van der Waals surface area contributed by atoms with E-state index < -0.39 is 5.82 Å². The number of carbonyl (C=O) groups is 2. The predicted molar refractivity (Wildman–Crippen MR) is 104 cm³/mol. The number of anilines is 1. The van der Waals surface area contributed by atoms with Crippen LogP contribution in [0.2, 0.25) is 0 Å². The molecule has 5 nitrogen and oxygen atoms in total. The zero-order chi connectivity index (χ0) is 20.8. The first-order chi connectivity index (χ1) is 13.8. The van der Waals surface area contributed by atoms with Crippen molar-refractivity contribution < 1.29 is 23.1 Å². The summed E-state index contributed by atoms with van der Waals surface area (Å²) in [4.78, 5) is 25.1. The Morgan fingerprint density at radius 3 is 2.34 bits per heavy atom. The average molecular weight is 400 g/mol. The van der Waals surface area contributed by atoms with Crippen LogP contribution in [-0.4, -0.2) is 24.5 Å². The van der Waals surface area contributed by atoms with Crippen LogP contribution in [0.5, 0.6) is 5.75 Å². The molecule has 1 atom stereocenters. The van der Waals surface area contributed by atoms with E-state index in [1.165, 1.54) is 49.6 Å². The van der Waals surface area contributed by atoms with Crippen LogP contribution >= 0.6 is 0 Å². The van der Waals surface area contributed by atoms with Gasteiger partial charge in [0, 0.05) is 22.7 Å². The predicted octanol–water partition coefficient (Wildman–Crippen LogP) is 3.90. The Morgan fingerprint density at radius 1 is 1.07 bits per heavy atom. The van der Waals surface area contributed by atoms with Gasteiger partial charge in [0.25, 0.3) is 5.91 Å². The maximum Gasteiger partial charge on any atom is 0.251 e. The first-order valence-corrected chi connectivity index (χ1v) is 9.48. The minimum Gasteiger partial charge on any atom is -0.494 e. The molecule has 0 heterocycles. The summed E-state index contributed by atoms with van der Waals surface area (Å²) in [5, 5.41) is 5.85. The SMILES string of the molecule is COc1cc(C(=O)NC23CC([C@H](C)C(=O)Nc4ccc(F)cc4)(C2)C3)ccc1F. The van der Waals surface area contributed by atoms with Gasteiger partial charge in [-0.05, 0) is 67.1 Å². The van der Waals surface area contributed by atoms with Gasteiger partial charge in [-0.1, -0.05) is 6.92 Å². The molecule has 0 spiro atoms. The number of hydrogen-bond donors (Lipinski definition) is 2. The van der Waals surface area contributed by atoms with Gasteiger partial charge in [-0.25, -0.2) is 8.78 Å². The lowest BCUT2D eigenvalue weighted by atomic mass is 9.36. The van der Waals surface area contributed by atoms with Crippen molar-refractivity contribution in [1.29, 1.82) is 0 Å². The highest BCUT2D eigenvalue weighted by Gasteiger charge is 2.71. The highest BCUT2D eigenvalue weighted by Crippen LogP contribution is 2.70. The van der Waals surface area contributed by atoms with E-state index in [0.717, 1.165) is 19.3 Å². The summed E-state index contributed by atoms with van der Waals surface area (Å²) in [7, 11) is 1.35. The van der Waals surface area contributed by atoms with Gasteiger partial charge in [0.2, 0.25) is 5.91 Å². The maximum absolute atomic E-state index is 13.5. The molecule has 2 aromatic rings. The molecule has 0 aromatic heterocycles. The average Bonchev–Trinajstić information content (AvgIpc) is 2.65. The Hall–Kier alpha value is -2.96. The summed E-state index contributed by atoms with van der Waals surface area (Å²) in [5.41, 5.74) is 0.466. The van der Waals surface area contributed by atoms with Crippen molar-refractivity contribution >= 4 is 17.5 Å². The number of ether oxygens (including phenoxy) is 1. The standard InChI is InChI=1S/C22H22F2N2O3/c1-13(19(27)25-16-6-4-15(23)5-7-16)21-10-22(11-21,12-21)26-20(28)14-3-8-17(24)18(9-14)29-2/h3-9,13H,10-12H2,1-2H3,(H,25,27)(H,26,28)/t13-,21?,22?/m1/s1. The third-order valence-electron chi connectivity index (χ3n) is 6.29. The highest BCUT2D eigenvalue weighted by atomic mass is 19.1. The minimum absolute atomic E-state index is 0.0257. The van der Waals surface area contributed by atoms with Gasteiger partial charge in [-0.3, -0.25) is 9.59 Å². The number of hydrogen-bond acceptors (Lipinski definition) is 3. The van der Waals surface area contributed by atoms with Crippen molar-refractivity contribution in [1.82, 2.24) is 5.32 Å². The highest BCUT2D eigenvalue weighted by molar-refractivity contribution is 5.96. The van der Waals surface area contributed by atoms with Gasteiger partial charge in [-0.15, -0.1) is 0 Å². The van der Waals surface area contributed by atoms with Crippen LogP contribution < -0.4 is 15.4 Å². The monoisotopic (exact) mass is 400 g/mol. The Bertz CT molecular complexity index is 955. The van der Waals surface area contributed by atoms with Gasteiger partial charge in [-0.2, -0.15) is 0 Å². The van der Waals surface area contributed by atoms with Crippen molar-refractivity contribution in [3.8, 4) is 5.75 Å². The summed E-state index contributed by atoms with van der Waals surface area (Å²) in [6, 6.07) is 9.67. The molecule has 3 aliphatic rings. The zero-order valence-electron chi connectivity index (χ0n) is 16.2. The number of rotatable bonds is 6. The second kappa shape index (κ2) is 6.83. The normalized spacial score (nSPS) is 25.2. The quantitative estimate of drug-likeness (QED) is 0.773. The maximum atomic E-state index is 13.5. The summed E-state index contributed by atoms with van der Waals surface area (Å²) in [5.74, 6) is -1.46. The Balaban J connectivity index is 1.34. The molecule has 3 fully saturated rings. The topological polar surface area (TPSA) is 67.4 Å². The summed E-state index contributed by atoms with van der Waals surface area (Å²) >= 11 is 0. The number of amides is 2. The molecule has 3 aliphatic carbocycles. The van der Waals surface area contributed by atoms with E-state index in [1.54, 1.807) is 0 Å². The molecule has 5 rings (SSSR count). The smallest absolute Gasteiger partial charge is 0.251 e. The Kier molecular flexibility index (Phi) is 4.56. The van der Waals surface area contributed by atoms with E-state index in [-0.39, 0.29) is 40.3 Å². The molecule has 152 valence electrons. The molecule has 7 heteroatoms. The van der Waals surface area contributed by atoms with E-state index in [1.807, 2.05) is 6.92 Å². The van der Waals surface area contributed by atoms with Gasteiger partial charge in [0.15, 0.2) is 11.6 Å². The van der Waals surface area contributed by atoms with Crippen LogP contribution in [0, 0.1) is 23.0 Å². The first kappa shape index (κ1) is 19.4. The van der Waals surface area contributed by atoms with E-state index >= 15 is 0 Å². The molecule has 0 unspecified atom stereocenters. The first-order valence-electron chi connectivity index (χ1n) is 9.48. The Morgan fingerprint density at radius 2 is 1.72 bits per heavy atom. The van der Waals surface area contributed by atoms with E-state index in [4.69, 9.17) is 4.74 Å². The molecular weight excluding hydrogens is 378 g/mol. The minimum atomic E-state index is -0.519. The van der Waals surface area contributed by atoms with E-state index in [9.17, 15) is 18.4 Å². The van der Waals surface area contributed by atoms with Gasteiger partial charge >= 0.3 is 0 Å². The number of nitrogens with one attached hydrogen (secondary N) is 2. The summed E-state index contributed by atoms with van der Waals surface area (Å²) in [6.07, 6.45) is 2.17. The second-order valence-electron chi connectivity index (χ2n) is 8.19. The molecule has 2 aromatic carbocycles. The molecule has 0 saturated heterocycles. The van der Waals surface area contributed by atoms with Gasteiger partial charge < -0.3 is 15.4 Å². The van der Waals surface area contributed by atoms with Gasteiger partial charge in [0.05, 0.1) is 7.11 Å². The fourth-order valence-electron chi connectivity index (χ4n) is 4.63. The third-order valence-corrected chi connectivity index (χ3v) is 6.29. The zero-order valence-corrected chi connectivity index (χ0v) is 16.2. The van der Waals surface area contributed by atoms with Crippen LogP contribution in [0.25, 0.3) is 0 Å². The van der Waals surface area contributed by atoms with Crippen LogP contribution in [0.4, 0.5) is 14.5 Å². The fraction of sp³-hybridized carbons (Fsp3) is 0.364. The second-order valence-corrected chi connectivity index (χ2v) is 8.19. The van der Waals surface area contributed by atoms with Crippen LogP contribution in [0.1, 0.15) is 36.5 Å². The van der Waals surface area contributed by atoms with Gasteiger partial charge in [0.1, 0.15) is 5.82 Å². The van der Waals surface area contributed by atoms with Crippen molar-refractivity contribution in [3.63, 3.8) is 0 Å². The molecule has 2 N–H and O–H groups in total. The molecule has 0 radical (unpaired) electrons. The van der Waals surface area contributed by atoms with Crippen LogP contribution in [-0.2, 0) is 4.79 Å². The third kappa shape index (κ3) is 3.34.